The summed E-state index contributed by atoms with van der Waals surface area (Å²) in [5.74, 6) is 0.243. The second-order valence-electron chi connectivity index (χ2n) is 3.26. The summed E-state index contributed by atoms with van der Waals surface area (Å²) >= 11 is 0. The SMILES string of the molecule is CC(C)c1ncn(CCS(=O)(=O)F)n1. The smallest absolute Gasteiger partial charge is 0.252 e. The van der Waals surface area contributed by atoms with Gasteiger partial charge >= 0.3 is 10.2 Å². The minimum atomic E-state index is -4.42. The molecule has 0 aliphatic heterocycles. The van der Waals surface area contributed by atoms with Gasteiger partial charge in [-0.3, -0.25) is 4.68 Å². The van der Waals surface area contributed by atoms with Crippen LogP contribution in [0.5, 0.6) is 0 Å². The summed E-state index contributed by atoms with van der Waals surface area (Å²) in [6.45, 7) is 3.84. The van der Waals surface area contributed by atoms with E-state index < -0.39 is 16.0 Å². The fourth-order valence-electron chi connectivity index (χ4n) is 0.884. The normalized spacial score (nSPS) is 12.3. The van der Waals surface area contributed by atoms with Gasteiger partial charge in [-0.25, -0.2) is 4.98 Å². The molecule has 0 amide bonds. The fourth-order valence-corrected chi connectivity index (χ4v) is 1.29. The molecule has 0 fully saturated rings. The topological polar surface area (TPSA) is 64.8 Å². The molecule has 0 saturated heterocycles. The van der Waals surface area contributed by atoms with Gasteiger partial charge in [0.1, 0.15) is 6.33 Å². The van der Waals surface area contributed by atoms with Crippen LogP contribution in [0.4, 0.5) is 3.89 Å². The quantitative estimate of drug-likeness (QED) is 0.702. The number of aryl methyl sites for hydroxylation is 1. The lowest BCUT2D eigenvalue weighted by molar-refractivity contribution is 0.538. The van der Waals surface area contributed by atoms with E-state index in [2.05, 4.69) is 10.1 Å². The molecule has 1 aromatic heterocycles. The minimum absolute atomic E-state index is 0.00144. The summed E-state index contributed by atoms with van der Waals surface area (Å²) in [4.78, 5) is 3.95. The van der Waals surface area contributed by atoms with Crippen LogP contribution in [0, 0.1) is 0 Å². The average molecular weight is 221 g/mol. The van der Waals surface area contributed by atoms with E-state index in [1.165, 1.54) is 11.0 Å². The van der Waals surface area contributed by atoms with Crippen LogP contribution in [0.15, 0.2) is 6.33 Å². The van der Waals surface area contributed by atoms with Gasteiger partial charge in [-0.1, -0.05) is 13.8 Å². The number of hydrogen-bond donors (Lipinski definition) is 0. The highest BCUT2D eigenvalue weighted by atomic mass is 32.3. The Morgan fingerprint density at radius 3 is 2.64 bits per heavy atom. The molecule has 7 heteroatoms. The van der Waals surface area contributed by atoms with Crippen LogP contribution >= 0.6 is 0 Å². The van der Waals surface area contributed by atoms with E-state index in [-0.39, 0.29) is 12.5 Å². The fraction of sp³-hybridized carbons (Fsp3) is 0.714. The van der Waals surface area contributed by atoms with Crippen molar-refractivity contribution < 1.29 is 12.3 Å². The van der Waals surface area contributed by atoms with Crippen molar-refractivity contribution in [2.24, 2.45) is 0 Å². The molecule has 0 unspecified atom stereocenters. The summed E-state index contributed by atoms with van der Waals surface area (Å²) < 4.78 is 33.9. The molecule has 14 heavy (non-hydrogen) atoms. The van der Waals surface area contributed by atoms with E-state index in [1.54, 1.807) is 0 Å². The highest BCUT2D eigenvalue weighted by Crippen LogP contribution is 2.06. The maximum atomic E-state index is 12.2. The molecule has 0 spiro atoms. The van der Waals surface area contributed by atoms with Crippen molar-refractivity contribution in [3.8, 4) is 0 Å². The standard InChI is InChI=1S/C7H12FN3O2S/c1-6(2)7-9-5-11(10-7)3-4-14(8,12)13/h5-6H,3-4H2,1-2H3. The highest BCUT2D eigenvalue weighted by Gasteiger charge is 2.09. The summed E-state index contributed by atoms with van der Waals surface area (Å²) in [5, 5.41) is 3.99. The van der Waals surface area contributed by atoms with Crippen molar-refractivity contribution in [2.75, 3.05) is 5.75 Å². The first-order valence-electron chi connectivity index (χ1n) is 4.20. The van der Waals surface area contributed by atoms with E-state index >= 15 is 0 Å². The third-order valence-corrected chi connectivity index (χ3v) is 2.31. The Hall–Kier alpha value is -0.980. The monoisotopic (exact) mass is 221 g/mol. The zero-order valence-electron chi connectivity index (χ0n) is 8.01. The van der Waals surface area contributed by atoms with E-state index in [1.807, 2.05) is 13.8 Å². The molecule has 0 atom stereocenters. The summed E-state index contributed by atoms with van der Waals surface area (Å²) in [6, 6.07) is 0. The molecule has 0 aromatic carbocycles. The third kappa shape index (κ3) is 3.41. The molecule has 0 aliphatic carbocycles. The maximum absolute atomic E-state index is 12.2. The second-order valence-corrected chi connectivity index (χ2v) is 4.75. The van der Waals surface area contributed by atoms with Crippen LogP contribution in [-0.4, -0.2) is 28.9 Å². The number of rotatable bonds is 4. The molecule has 1 aromatic rings. The number of hydrogen-bond acceptors (Lipinski definition) is 4. The zero-order valence-corrected chi connectivity index (χ0v) is 8.83. The van der Waals surface area contributed by atoms with Gasteiger partial charge in [0, 0.05) is 5.92 Å². The third-order valence-electron chi connectivity index (χ3n) is 1.63. The Morgan fingerprint density at radius 2 is 2.21 bits per heavy atom. The lowest BCUT2D eigenvalue weighted by Gasteiger charge is -1.97. The maximum Gasteiger partial charge on any atom is 0.304 e. The van der Waals surface area contributed by atoms with E-state index in [0.717, 1.165) is 0 Å². The first kappa shape index (κ1) is 11.1. The second kappa shape index (κ2) is 4.04. The molecular weight excluding hydrogens is 209 g/mol. The van der Waals surface area contributed by atoms with E-state index in [9.17, 15) is 12.3 Å². The number of halogens is 1. The van der Waals surface area contributed by atoms with Gasteiger partial charge in [-0.15, -0.1) is 3.89 Å². The van der Waals surface area contributed by atoms with Crippen LogP contribution < -0.4 is 0 Å². The molecule has 1 heterocycles. The molecule has 0 radical (unpaired) electrons. The van der Waals surface area contributed by atoms with Gasteiger partial charge in [0.05, 0.1) is 12.3 Å². The van der Waals surface area contributed by atoms with Gasteiger partial charge in [0.2, 0.25) is 0 Å². The molecule has 0 aliphatic rings. The van der Waals surface area contributed by atoms with Gasteiger partial charge in [-0.2, -0.15) is 13.5 Å². The Balaban J connectivity index is 2.61. The van der Waals surface area contributed by atoms with Crippen LogP contribution in [0.1, 0.15) is 25.6 Å². The molecule has 5 nitrogen and oxygen atoms in total. The van der Waals surface area contributed by atoms with Crippen LogP contribution in [0.25, 0.3) is 0 Å². The Bertz CT molecular complexity index is 399. The minimum Gasteiger partial charge on any atom is -0.252 e. The summed E-state index contributed by atoms with van der Waals surface area (Å²) in [7, 11) is -4.42. The van der Waals surface area contributed by atoms with Crippen molar-refractivity contribution in [3.63, 3.8) is 0 Å². The molecule has 80 valence electrons. The predicted molar refractivity (Wildman–Crippen MR) is 49.0 cm³/mol. The lowest BCUT2D eigenvalue weighted by atomic mass is 10.2. The van der Waals surface area contributed by atoms with Crippen molar-refractivity contribution in [3.05, 3.63) is 12.2 Å². The Morgan fingerprint density at radius 1 is 1.57 bits per heavy atom. The van der Waals surface area contributed by atoms with Crippen LogP contribution in [0.2, 0.25) is 0 Å². The average Bonchev–Trinajstić information content (AvgIpc) is 2.47. The van der Waals surface area contributed by atoms with Gasteiger partial charge < -0.3 is 0 Å². The molecule has 0 bridgehead atoms. The predicted octanol–water partition coefficient (Wildman–Crippen LogP) is 0.701. The van der Waals surface area contributed by atoms with Crippen LogP contribution in [0.3, 0.4) is 0 Å². The van der Waals surface area contributed by atoms with Crippen LogP contribution in [-0.2, 0) is 16.8 Å². The molecule has 1 rings (SSSR count). The molecular formula is C7H12FN3O2S. The van der Waals surface area contributed by atoms with Crippen molar-refractivity contribution in [1.29, 1.82) is 0 Å². The first-order chi connectivity index (χ1) is 6.38. The zero-order chi connectivity index (χ0) is 10.8. The van der Waals surface area contributed by atoms with Gasteiger partial charge in [0.15, 0.2) is 5.82 Å². The summed E-state index contributed by atoms with van der Waals surface area (Å²) in [5.41, 5.74) is 0. The van der Waals surface area contributed by atoms with Gasteiger partial charge in [-0.05, 0) is 0 Å². The molecule has 0 N–H and O–H groups in total. The van der Waals surface area contributed by atoms with Crippen molar-refractivity contribution in [2.45, 2.75) is 26.3 Å². The first-order valence-corrected chi connectivity index (χ1v) is 5.75. The largest absolute Gasteiger partial charge is 0.304 e. The Kier molecular flexibility index (Phi) is 3.20. The molecule has 0 saturated carbocycles. The van der Waals surface area contributed by atoms with E-state index in [4.69, 9.17) is 0 Å². The van der Waals surface area contributed by atoms with Gasteiger partial charge in [0.25, 0.3) is 0 Å². The Labute approximate surface area is 82.2 Å². The summed E-state index contributed by atoms with van der Waals surface area (Å²) in [6.07, 6.45) is 1.40. The highest BCUT2D eigenvalue weighted by molar-refractivity contribution is 7.86. The van der Waals surface area contributed by atoms with Crippen molar-refractivity contribution in [1.82, 2.24) is 14.8 Å². The number of nitrogens with zero attached hydrogens (tertiary/aromatic N) is 3. The number of aromatic nitrogens is 3. The lowest BCUT2D eigenvalue weighted by Crippen LogP contribution is -2.09. The van der Waals surface area contributed by atoms with Crippen molar-refractivity contribution >= 4 is 10.2 Å². The van der Waals surface area contributed by atoms with E-state index in [0.29, 0.717) is 5.82 Å².